The Labute approximate surface area is 185 Å². The normalized spacial score (nSPS) is 11.6. The van der Waals surface area contributed by atoms with Crippen LogP contribution in [0.5, 0.6) is 5.75 Å². The lowest BCUT2D eigenvalue weighted by Crippen LogP contribution is -2.39. The minimum atomic E-state index is -4.44. The van der Waals surface area contributed by atoms with E-state index in [4.69, 9.17) is 4.74 Å². The molecule has 0 atom stereocenters. The first-order valence-electron chi connectivity index (χ1n) is 9.86. The van der Waals surface area contributed by atoms with Crippen LogP contribution in [0.3, 0.4) is 0 Å². The molecule has 0 amide bonds. The maximum Gasteiger partial charge on any atom is 0.416 e. The fourth-order valence-corrected chi connectivity index (χ4v) is 3.57. The highest BCUT2D eigenvalue weighted by Gasteiger charge is 2.30. The summed E-state index contributed by atoms with van der Waals surface area (Å²) >= 11 is 0. The van der Waals surface area contributed by atoms with Gasteiger partial charge < -0.3 is 9.30 Å². The van der Waals surface area contributed by atoms with E-state index in [2.05, 4.69) is 11.6 Å². The van der Waals surface area contributed by atoms with Crippen molar-refractivity contribution in [2.24, 2.45) is 0 Å². The molecular formula is C23H19F3N4O3. The number of alkyl halides is 3. The summed E-state index contributed by atoms with van der Waals surface area (Å²) in [4.78, 5) is 30.6. The van der Waals surface area contributed by atoms with Gasteiger partial charge in [-0.1, -0.05) is 24.3 Å². The number of fused-ring (bicyclic) bond motifs is 1. The van der Waals surface area contributed by atoms with E-state index < -0.39 is 23.0 Å². The standard InChI is InChI=1S/C23H19F3N4O3/c1-3-11-29-21(31)19-20(30(22(29)32)17-5-4-6-18(12-17)33-2)27-14-28(19)13-15-7-9-16(10-8-15)23(24,25)26/h3-10,12,14H,1,11,13H2,2H3. The molecule has 0 fully saturated rings. The second-order valence-electron chi connectivity index (χ2n) is 7.26. The van der Waals surface area contributed by atoms with E-state index in [0.717, 1.165) is 16.7 Å². The maximum atomic E-state index is 13.2. The van der Waals surface area contributed by atoms with E-state index in [1.807, 2.05) is 0 Å². The van der Waals surface area contributed by atoms with Crippen LogP contribution in [0.15, 0.2) is 77.1 Å². The van der Waals surface area contributed by atoms with E-state index in [9.17, 15) is 22.8 Å². The van der Waals surface area contributed by atoms with Gasteiger partial charge >= 0.3 is 11.9 Å². The number of methoxy groups -OCH3 is 1. The molecule has 0 saturated heterocycles. The molecule has 4 rings (SSSR count). The molecule has 0 saturated carbocycles. The van der Waals surface area contributed by atoms with Gasteiger partial charge in [0.1, 0.15) is 5.75 Å². The molecule has 0 N–H and O–H groups in total. The minimum Gasteiger partial charge on any atom is -0.497 e. The molecule has 10 heteroatoms. The van der Waals surface area contributed by atoms with Gasteiger partial charge in [0.2, 0.25) is 0 Å². The Kier molecular flexibility index (Phi) is 5.67. The number of allylic oxidation sites excluding steroid dienone is 1. The predicted octanol–water partition coefficient (Wildman–Crippen LogP) is 3.61. The van der Waals surface area contributed by atoms with Crippen LogP contribution in [0.25, 0.3) is 16.9 Å². The molecule has 0 unspecified atom stereocenters. The third kappa shape index (κ3) is 4.07. The first kappa shape index (κ1) is 22.1. The Bertz CT molecular complexity index is 1450. The molecule has 2 aromatic heterocycles. The number of nitrogens with zero attached hydrogens (tertiary/aromatic N) is 4. The molecule has 33 heavy (non-hydrogen) atoms. The van der Waals surface area contributed by atoms with Gasteiger partial charge in [0.15, 0.2) is 11.2 Å². The Morgan fingerprint density at radius 2 is 1.85 bits per heavy atom. The fourth-order valence-electron chi connectivity index (χ4n) is 3.57. The quantitative estimate of drug-likeness (QED) is 0.416. The van der Waals surface area contributed by atoms with Crippen molar-refractivity contribution in [1.29, 1.82) is 0 Å². The van der Waals surface area contributed by atoms with Gasteiger partial charge in [-0.25, -0.2) is 14.3 Å². The van der Waals surface area contributed by atoms with Gasteiger partial charge in [-0.3, -0.25) is 9.36 Å². The number of hydrogen-bond donors (Lipinski definition) is 0. The van der Waals surface area contributed by atoms with Crippen LogP contribution in [-0.2, 0) is 19.3 Å². The van der Waals surface area contributed by atoms with E-state index in [0.29, 0.717) is 17.0 Å². The molecule has 2 heterocycles. The van der Waals surface area contributed by atoms with E-state index in [-0.39, 0.29) is 24.3 Å². The molecule has 0 radical (unpaired) electrons. The number of halogens is 3. The largest absolute Gasteiger partial charge is 0.497 e. The van der Waals surface area contributed by atoms with Crippen molar-refractivity contribution in [3.63, 3.8) is 0 Å². The maximum absolute atomic E-state index is 13.2. The predicted molar refractivity (Wildman–Crippen MR) is 117 cm³/mol. The van der Waals surface area contributed by atoms with Gasteiger partial charge in [-0.15, -0.1) is 6.58 Å². The molecule has 0 aliphatic rings. The van der Waals surface area contributed by atoms with Gasteiger partial charge in [0, 0.05) is 19.2 Å². The lowest BCUT2D eigenvalue weighted by molar-refractivity contribution is -0.137. The third-order valence-electron chi connectivity index (χ3n) is 5.16. The first-order valence-corrected chi connectivity index (χ1v) is 9.86. The fraction of sp³-hybridized carbons (Fsp3) is 0.174. The number of imidazole rings is 1. The summed E-state index contributed by atoms with van der Waals surface area (Å²) < 4.78 is 47.7. The molecule has 170 valence electrons. The number of benzene rings is 2. The van der Waals surface area contributed by atoms with Crippen LogP contribution in [0.2, 0.25) is 0 Å². The Balaban J connectivity index is 1.90. The molecule has 4 aromatic rings. The van der Waals surface area contributed by atoms with Gasteiger partial charge in [-0.05, 0) is 29.8 Å². The zero-order valence-corrected chi connectivity index (χ0v) is 17.5. The molecular weight excluding hydrogens is 437 g/mol. The van der Waals surface area contributed by atoms with Gasteiger partial charge in [0.05, 0.1) is 24.7 Å². The average Bonchev–Trinajstić information content (AvgIpc) is 3.20. The summed E-state index contributed by atoms with van der Waals surface area (Å²) in [6, 6.07) is 11.4. The number of aromatic nitrogens is 4. The second-order valence-corrected chi connectivity index (χ2v) is 7.26. The van der Waals surface area contributed by atoms with Crippen molar-refractivity contribution < 1.29 is 17.9 Å². The Morgan fingerprint density at radius 3 is 2.48 bits per heavy atom. The topological polar surface area (TPSA) is 71.1 Å². The summed E-state index contributed by atoms with van der Waals surface area (Å²) in [5.41, 5.74) is -0.677. The molecule has 0 bridgehead atoms. The lowest BCUT2D eigenvalue weighted by Gasteiger charge is -2.13. The zero-order chi connectivity index (χ0) is 23.8. The molecule has 0 aliphatic heterocycles. The average molecular weight is 456 g/mol. The highest BCUT2D eigenvalue weighted by molar-refractivity contribution is 5.72. The van der Waals surface area contributed by atoms with E-state index in [1.54, 1.807) is 24.3 Å². The van der Waals surface area contributed by atoms with Crippen molar-refractivity contribution in [1.82, 2.24) is 18.7 Å². The highest BCUT2D eigenvalue weighted by Crippen LogP contribution is 2.29. The SMILES string of the molecule is C=CCn1c(=O)c2c(ncn2Cc2ccc(C(F)(F)F)cc2)n(-c2cccc(OC)c2)c1=O. The van der Waals surface area contributed by atoms with Crippen molar-refractivity contribution in [2.45, 2.75) is 19.3 Å². The van der Waals surface area contributed by atoms with Crippen molar-refractivity contribution in [3.8, 4) is 11.4 Å². The minimum absolute atomic E-state index is 0.0248. The Morgan fingerprint density at radius 1 is 1.12 bits per heavy atom. The number of ether oxygens (including phenoxy) is 1. The smallest absolute Gasteiger partial charge is 0.416 e. The lowest BCUT2D eigenvalue weighted by atomic mass is 10.1. The van der Waals surface area contributed by atoms with Gasteiger partial charge in [0.25, 0.3) is 5.56 Å². The zero-order valence-electron chi connectivity index (χ0n) is 17.5. The van der Waals surface area contributed by atoms with Crippen LogP contribution in [0.4, 0.5) is 13.2 Å². The van der Waals surface area contributed by atoms with E-state index >= 15 is 0 Å². The van der Waals surface area contributed by atoms with Crippen LogP contribution < -0.4 is 16.0 Å². The van der Waals surface area contributed by atoms with Crippen molar-refractivity contribution in [3.05, 3.63) is 99.5 Å². The van der Waals surface area contributed by atoms with E-state index in [1.165, 1.54) is 40.8 Å². The molecule has 0 spiro atoms. The summed E-state index contributed by atoms with van der Waals surface area (Å²) in [5, 5.41) is 0. The summed E-state index contributed by atoms with van der Waals surface area (Å²) in [6.45, 7) is 3.68. The summed E-state index contributed by atoms with van der Waals surface area (Å²) in [7, 11) is 1.49. The van der Waals surface area contributed by atoms with Gasteiger partial charge in [-0.2, -0.15) is 13.2 Å². The van der Waals surface area contributed by atoms with Crippen LogP contribution in [-0.4, -0.2) is 25.8 Å². The van der Waals surface area contributed by atoms with Crippen LogP contribution in [0.1, 0.15) is 11.1 Å². The third-order valence-corrected chi connectivity index (χ3v) is 5.16. The second kappa shape index (κ2) is 8.45. The first-order chi connectivity index (χ1) is 15.7. The number of rotatable bonds is 6. The van der Waals surface area contributed by atoms with Crippen molar-refractivity contribution in [2.75, 3.05) is 7.11 Å². The number of hydrogen-bond acceptors (Lipinski definition) is 4. The van der Waals surface area contributed by atoms with Crippen LogP contribution >= 0.6 is 0 Å². The molecule has 2 aromatic carbocycles. The molecule has 7 nitrogen and oxygen atoms in total. The molecule has 0 aliphatic carbocycles. The van der Waals surface area contributed by atoms with Crippen LogP contribution in [0, 0.1) is 0 Å². The summed E-state index contributed by atoms with van der Waals surface area (Å²) in [5.74, 6) is 0.512. The monoisotopic (exact) mass is 456 g/mol. The summed E-state index contributed by atoms with van der Waals surface area (Å²) in [6.07, 6.45) is -1.62. The Hall–Kier alpha value is -4.08. The van der Waals surface area contributed by atoms with Crippen molar-refractivity contribution >= 4 is 11.2 Å². The highest BCUT2D eigenvalue weighted by atomic mass is 19.4.